The van der Waals surface area contributed by atoms with E-state index in [-0.39, 0.29) is 11.1 Å². The highest BCUT2D eigenvalue weighted by atomic mass is 32.1. The van der Waals surface area contributed by atoms with Gasteiger partial charge in [-0.1, -0.05) is 12.1 Å². The summed E-state index contributed by atoms with van der Waals surface area (Å²) in [5, 5.41) is 14.1. The summed E-state index contributed by atoms with van der Waals surface area (Å²) >= 11 is 1.45. The van der Waals surface area contributed by atoms with Crippen LogP contribution in [0.25, 0.3) is 32.7 Å². The Balaban J connectivity index is 1.42. The lowest BCUT2D eigenvalue weighted by molar-refractivity contribution is 0.262. The van der Waals surface area contributed by atoms with Crippen LogP contribution in [0.2, 0.25) is 0 Å². The minimum absolute atomic E-state index is 0.205. The SMILES string of the molecule is CNc1ncc2cc(-c3cccc(NC(=O)Nc4cn(C(C)(C)C)nc4-c4cncs4)c3)c(=O)n(C)c2n1. The number of urea groups is 1. The summed E-state index contributed by atoms with van der Waals surface area (Å²) in [6, 6.07) is 8.46. The van der Waals surface area contributed by atoms with E-state index in [4.69, 9.17) is 0 Å². The molecule has 0 saturated heterocycles. The molecular weight excluding hydrogens is 502 g/mol. The lowest BCUT2D eigenvalue weighted by Gasteiger charge is -2.18. The first-order chi connectivity index (χ1) is 18.1. The minimum Gasteiger partial charge on any atom is -0.357 e. The molecular formula is C26H27N9O2S. The number of aromatic nitrogens is 6. The van der Waals surface area contributed by atoms with Crippen molar-refractivity contribution in [2.24, 2.45) is 7.05 Å². The third-order valence-corrected chi connectivity index (χ3v) is 6.70. The Labute approximate surface area is 222 Å². The number of carbonyl (C=O) groups excluding carboxylic acids is 1. The van der Waals surface area contributed by atoms with Gasteiger partial charge in [-0.05, 0) is 44.5 Å². The van der Waals surface area contributed by atoms with E-state index in [0.717, 1.165) is 10.3 Å². The van der Waals surface area contributed by atoms with Crippen molar-refractivity contribution in [3.05, 3.63) is 64.8 Å². The van der Waals surface area contributed by atoms with Gasteiger partial charge in [0.1, 0.15) is 11.3 Å². The molecule has 38 heavy (non-hydrogen) atoms. The van der Waals surface area contributed by atoms with E-state index >= 15 is 0 Å². The van der Waals surface area contributed by atoms with Crippen molar-refractivity contribution in [2.75, 3.05) is 23.0 Å². The summed E-state index contributed by atoms with van der Waals surface area (Å²) < 4.78 is 3.31. The molecule has 0 unspecified atom stereocenters. The highest BCUT2D eigenvalue weighted by molar-refractivity contribution is 7.13. The molecule has 12 heteroatoms. The van der Waals surface area contributed by atoms with E-state index in [0.29, 0.717) is 39.8 Å². The van der Waals surface area contributed by atoms with Crippen LogP contribution in [-0.2, 0) is 12.6 Å². The van der Waals surface area contributed by atoms with Crippen LogP contribution in [0, 0.1) is 0 Å². The lowest BCUT2D eigenvalue weighted by Crippen LogP contribution is -2.22. The van der Waals surface area contributed by atoms with E-state index in [2.05, 4.69) is 36.0 Å². The number of anilines is 3. The van der Waals surface area contributed by atoms with Crippen LogP contribution in [0.15, 0.2) is 59.2 Å². The first-order valence-corrected chi connectivity index (χ1v) is 12.7. The highest BCUT2D eigenvalue weighted by Crippen LogP contribution is 2.31. The second kappa shape index (κ2) is 9.71. The van der Waals surface area contributed by atoms with Crippen LogP contribution in [0.1, 0.15) is 20.8 Å². The van der Waals surface area contributed by atoms with Crippen molar-refractivity contribution in [1.29, 1.82) is 0 Å². The average Bonchev–Trinajstić information content (AvgIpc) is 3.56. The number of nitrogens with zero attached hydrogens (tertiary/aromatic N) is 6. The molecule has 0 bridgehead atoms. The first-order valence-electron chi connectivity index (χ1n) is 11.9. The fraction of sp³-hybridized carbons (Fsp3) is 0.231. The number of thiazole rings is 1. The summed E-state index contributed by atoms with van der Waals surface area (Å²) in [5.41, 5.74) is 4.67. The van der Waals surface area contributed by atoms with Gasteiger partial charge in [0.05, 0.1) is 21.6 Å². The third kappa shape index (κ3) is 4.85. The van der Waals surface area contributed by atoms with E-state index in [1.54, 1.807) is 56.3 Å². The lowest BCUT2D eigenvalue weighted by atomic mass is 10.1. The molecule has 0 aliphatic rings. The predicted octanol–water partition coefficient (Wildman–Crippen LogP) is 4.76. The van der Waals surface area contributed by atoms with Gasteiger partial charge in [-0.25, -0.2) is 9.78 Å². The molecule has 1 aromatic carbocycles. The number of fused-ring (bicyclic) bond motifs is 1. The summed E-state index contributed by atoms with van der Waals surface area (Å²) in [7, 11) is 3.40. The van der Waals surface area contributed by atoms with Crippen molar-refractivity contribution >= 4 is 45.7 Å². The first kappa shape index (κ1) is 25.1. The maximum Gasteiger partial charge on any atom is 0.323 e. The number of hydrogen-bond acceptors (Lipinski definition) is 8. The second-order valence-corrected chi connectivity index (χ2v) is 10.6. The van der Waals surface area contributed by atoms with E-state index in [1.807, 2.05) is 37.7 Å². The van der Waals surface area contributed by atoms with Crippen LogP contribution in [-0.4, -0.2) is 42.4 Å². The highest BCUT2D eigenvalue weighted by Gasteiger charge is 2.21. The number of carbonyl (C=O) groups is 1. The fourth-order valence-electron chi connectivity index (χ4n) is 3.95. The molecule has 0 fully saturated rings. The molecule has 11 nitrogen and oxygen atoms in total. The van der Waals surface area contributed by atoms with E-state index < -0.39 is 6.03 Å². The second-order valence-electron chi connectivity index (χ2n) is 9.68. The number of rotatable bonds is 5. The number of hydrogen-bond donors (Lipinski definition) is 3. The van der Waals surface area contributed by atoms with Crippen molar-refractivity contribution in [2.45, 2.75) is 26.3 Å². The zero-order valence-electron chi connectivity index (χ0n) is 21.6. The third-order valence-electron chi connectivity index (χ3n) is 5.92. The smallest absolute Gasteiger partial charge is 0.323 e. The number of benzene rings is 1. The molecule has 3 N–H and O–H groups in total. The van der Waals surface area contributed by atoms with Crippen molar-refractivity contribution < 1.29 is 4.79 Å². The maximum absolute atomic E-state index is 13.2. The maximum atomic E-state index is 13.2. The van der Waals surface area contributed by atoms with Crippen molar-refractivity contribution in [1.82, 2.24) is 29.3 Å². The quantitative estimate of drug-likeness (QED) is 0.299. The molecule has 5 aromatic rings. The molecule has 0 radical (unpaired) electrons. The normalized spacial score (nSPS) is 11.5. The number of aryl methyl sites for hydroxylation is 1. The Hall–Kier alpha value is -4.58. The van der Waals surface area contributed by atoms with Gasteiger partial charge in [-0.2, -0.15) is 10.1 Å². The van der Waals surface area contributed by atoms with Crippen LogP contribution >= 0.6 is 11.3 Å². The molecule has 0 aliphatic heterocycles. The predicted molar refractivity (Wildman–Crippen MR) is 151 cm³/mol. The van der Waals surface area contributed by atoms with Gasteiger partial charge in [0.2, 0.25) is 5.95 Å². The van der Waals surface area contributed by atoms with Gasteiger partial charge in [0, 0.05) is 49.3 Å². The van der Waals surface area contributed by atoms with Gasteiger partial charge in [0.25, 0.3) is 5.56 Å². The van der Waals surface area contributed by atoms with Gasteiger partial charge in [-0.15, -0.1) is 11.3 Å². The molecule has 0 spiro atoms. The molecule has 5 rings (SSSR count). The topological polar surface area (TPSA) is 132 Å². The molecule has 0 aliphatic carbocycles. The molecule has 194 valence electrons. The molecule has 2 amide bonds. The van der Waals surface area contributed by atoms with Crippen LogP contribution in [0.4, 0.5) is 22.1 Å². The van der Waals surface area contributed by atoms with Gasteiger partial charge >= 0.3 is 6.03 Å². The Morgan fingerprint density at radius 2 is 1.92 bits per heavy atom. The molecule has 0 saturated carbocycles. The largest absolute Gasteiger partial charge is 0.357 e. The molecule has 0 atom stereocenters. The monoisotopic (exact) mass is 529 g/mol. The number of amides is 2. The summed E-state index contributed by atoms with van der Waals surface area (Å²) in [6.07, 6.45) is 5.21. The number of pyridine rings is 1. The Morgan fingerprint density at radius 3 is 2.63 bits per heavy atom. The fourth-order valence-corrected chi connectivity index (χ4v) is 4.57. The Kier molecular flexibility index (Phi) is 6.41. The van der Waals surface area contributed by atoms with Crippen LogP contribution in [0.5, 0.6) is 0 Å². The summed E-state index contributed by atoms with van der Waals surface area (Å²) in [6.45, 7) is 6.11. The van der Waals surface area contributed by atoms with E-state index in [9.17, 15) is 9.59 Å². The standard InChI is InChI=1S/C26H27N9O2S/c1-26(2,3)35-13-19(21(33-35)20-12-28-14-38-20)31-25(37)30-17-8-6-7-15(9-17)18-10-16-11-29-24(27-4)32-22(16)34(5)23(18)36/h6-14H,1-5H3,(H,27,29,32)(H2,30,31,37). The van der Waals surface area contributed by atoms with Gasteiger partial charge in [0.15, 0.2) is 0 Å². The Morgan fingerprint density at radius 1 is 1.11 bits per heavy atom. The summed E-state index contributed by atoms with van der Waals surface area (Å²) in [5.74, 6) is 0.434. The van der Waals surface area contributed by atoms with Crippen molar-refractivity contribution in [3.63, 3.8) is 0 Å². The minimum atomic E-state index is -0.430. The number of nitrogens with one attached hydrogen (secondary N) is 3. The van der Waals surface area contributed by atoms with Crippen molar-refractivity contribution in [3.8, 4) is 21.7 Å². The van der Waals surface area contributed by atoms with Gasteiger partial charge in [-0.3, -0.25) is 19.0 Å². The van der Waals surface area contributed by atoms with Crippen LogP contribution in [0.3, 0.4) is 0 Å². The Bertz CT molecular complexity index is 1700. The van der Waals surface area contributed by atoms with Gasteiger partial charge < -0.3 is 16.0 Å². The molecule has 4 heterocycles. The molecule has 4 aromatic heterocycles. The zero-order valence-corrected chi connectivity index (χ0v) is 22.4. The average molecular weight is 530 g/mol. The zero-order chi connectivity index (χ0) is 27.0. The summed E-state index contributed by atoms with van der Waals surface area (Å²) in [4.78, 5) is 39.8. The van der Waals surface area contributed by atoms with E-state index in [1.165, 1.54) is 15.9 Å². The van der Waals surface area contributed by atoms with Crippen LogP contribution < -0.4 is 21.5 Å².